The lowest BCUT2D eigenvalue weighted by Gasteiger charge is -2.09. The van der Waals surface area contributed by atoms with E-state index in [-0.39, 0.29) is 0 Å². The maximum absolute atomic E-state index is 6.55. The molecule has 11 rings (SSSR count). The molecule has 4 aromatic heterocycles. The standard InChI is InChI=1S/C46H27N3O2/c1-3-12-28(13-4-1)44-43-36-27-30(29-22-24-38-35(26-29)32-16-7-9-19-37(32)49(38)31-14-5-2-6-15-31)23-25-40(36)51-46(43)48-45(47-44)34-18-11-21-41-42(34)33-17-8-10-20-39(33)50-41/h1-27H. The fourth-order valence-corrected chi connectivity index (χ4v) is 7.75. The van der Waals surface area contributed by atoms with Crippen LogP contribution in [-0.2, 0) is 0 Å². The summed E-state index contributed by atoms with van der Waals surface area (Å²) in [6.45, 7) is 0. The lowest BCUT2D eigenvalue weighted by molar-refractivity contribution is 0.653. The first-order valence-corrected chi connectivity index (χ1v) is 17.1. The van der Waals surface area contributed by atoms with E-state index in [1.807, 2.05) is 48.5 Å². The summed E-state index contributed by atoms with van der Waals surface area (Å²) in [6, 6.07) is 56.8. The van der Waals surface area contributed by atoms with Crippen LogP contribution in [0.2, 0.25) is 0 Å². The first-order chi connectivity index (χ1) is 25.3. The molecule has 0 fully saturated rings. The van der Waals surface area contributed by atoms with E-state index < -0.39 is 0 Å². The minimum Gasteiger partial charge on any atom is -0.456 e. The number of para-hydroxylation sites is 3. The number of rotatable bonds is 4. The summed E-state index contributed by atoms with van der Waals surface area (Å²) >= 11 is 0. The average Bonchev–Trinajstić information content (AvgIpc) is 3.87. The predicted molar refractivity (Wildman–Crippen MR) is 207 cm³/mol. The third-order valence-electron chi connectivity index (χ3n) is 10.0. The van der Waals surface area contributed by atoms with Crippen molar-refractivity contribution in [1.82, 2.24) is 14.5 Å². The van der Waals surface area contributed by atoms with Crippen molar-refractivity contribution in [2.45, 2.75) is 0 Å². The number of fused-ring (bicyclic) bond motifs is 9. The molecule has 0 bridgehead atoms. The molecular weight excluding hydrogens is 627 g/mol. The average molecular weight is 654 g/mol. The van der Waals surface area contributed by atoms with Gasteiger partial charge in [-0.1, -0.05) is 109 Å². The molecule has 5 heteroatoms. The Morgan fingerprint density at radius 2 is 1.08 bits per heavy atom. The topological polar surface area (TPSA) is 57.0 Å². The second-order valence-corrected chi connectivity index (χ2v) is 13.0. The third kappa shape index (κ3) is 4.22. The van der Waals surface area contributed by atoms with Crippen molar-refractivity contribution in [3.8, 4) is 39.5 Å². The van der Waals surface area contributed by atoms with Crippen LogP contribution < -0.4 is 0 Å². The van der Waals surface area contributed by atoms with Gasteiger partial charge in [-0.2, -0.15) is 4.98 Å². The quantitative estimate of drug-likeness (QED) is 0.190. The molecule has 4 heterocycles. The number of nitrogens with zero attached hydrogens (tertiary/aromatic N) is 3. The van der Waals surface area contributed by atoms with Crippen LogP contribution in [0.15, 0.2) is 173 Å². The maximum atomic E-state index is 6.55. The molecule has 0 spiro atoms. The molecule has 51 heavy (non-hydrogen) atoms. The summed E-state index contributed by atoms with van der Waals surface area (Å²) in [5, 5.41) is 6.34. The van der Waals surface area contributed by atoms with Crippen LogP contribution in [-0.4, -0.2) is 14.5 Å². The Kier molecular flexibility index (Phi) is 5.89. The Bertz CT molecular complexity index is 3130. The highest BCUT2D eigenvalue weighted by molar-refractivity contribution is 6.15. The summed E-state index contributed by atoms with van der Waals surface area (Å²) in [4.78, 5) is 10.4. The third-order valence-corrected chi connectivity index (χ3v) is 10.0. The molecule has 0 atom stereocenters. The van der Waals surface area contributed by atoms with E-state index in [1.54, 1.807) is 0 Å². The van der Waals surface area contributed by atoms with Crippen molar-refractivity contribution in [1.29, 1.82) is 0 Å². The van der Waals surface area contributed by atoms with E-state index in [9.17, 15) is 0 Å². The van der Waals surface area contributed by atoms with Gasteiger partial charge in [-0.25, -0.2) is 4.98 Å². The zero-order valence-electron chi connectivity index (χ0n) is 27.2. The molecule has 11 aromatic rings. The van der Waals surface area contributed by atoms with Gasteiger partial charge in [-0.15, -0.1) is 0 Å². The second kappa shape index (κ2) is 10.8. The lowest BCUT2D eigenvalue weighted by atomic mass is 9.99. The molecule has 0 radical (unpaired) electrons. The lowest BCUT2D eigenvalue weighted by Crippen LogP contribution is -1.94. The van der Waals surface area contributed by atoms with Crippen molar-refractivity contribution < 1.29 is 8.83 Å². The van der Waals surface area contributed by atoms with Crippen LogP contribution in [0, 0.1) is 0 Å². The highest BCUT2D eigenvalue weighted by Gasteiger charge is 2.21. The van der Waals surface area contributed by atoms with Crippen LogP contribution in [0.4, 0.5) is 0 Å². The van der Waals surface area contributed by atoms with Gasteiger partial charge in [0.2, 0.25) is 5.71 Å². The number of hydrogen-bond donors (Lipinski definition) is 0. The SMILES string of the molecule is c1ccc(-c2nc(-c3cccc4oc5ccccc5c34)nc3oc4ccc(-c5ccc6c(c5)c5ccccc5n6-c5ccccc5)cc4c23)cc1. The zero-order valence-corrected chi connectivity index (χ0v) is 27.2. The Morgan fingerprint density at radius 3 is 1.94 bits per heavy atom. The summed E-state index contributed by atoms with van der Waals surface area (Å²) < 4.78 is 15.1. The van der Waals surface area contributed by atoms with E-state index in [0.717, 1.165) is 71.9 Å². The summed E-state index contributed by atoms with van der Waals surface area (Å²) in [5.74, 6) is 0.595. The number of furan rings is 2. The number of aromatic nitrogens is 3. The molecule has 0 N–H and O–H groups in total. The first kappa shape index (κ1) is 27.9. The molecule has 0 saturated carbocycles. The molecule has 5 nitrogen and oxygen atoms in total. The van der Waals surface area contributed by atoms with Crippen molar-refractivity contribution in [2.24, 2.45) is 0 Å². The van der Waals surface area contributed by atoms with Gasteiger partial charge in [0.25, 0.3) is 0 Å². The fraction of sp³-hybridized carbons (Fsp3) is 0. The summed E-state index contributed by atoms with van der Waals surface area (Å²) in [7, 11) is 0. The Hall–Kier alpha value is -6.98. The van der Waals surface area contributed by atoms with Gasteiger partial charge in [0.1, 0.15) is 16.7 Å². The van der Waals surface area contributed by atoms with E-state index in [4.69, 9.17) is 18.8 Å². The zero-order chi connectivity index (χ0) is 33.5. The molecule has 0 saturated heterocycles. The molecule has 0 aliphatic heterocycles. The van der Waals surface area contributed by atoms with Crippen molar-refractivity contribution >= 4 is 65.8 Å². The number of hydrogen-bond acceptors (Lipinski definition) is 4. The largest absolute Gasteiger partial charge is 0.456 e. The van der Waals surface area contributed by atoms with Gasteiger partial charge in [-0.05, 0) is 65.7 Å². The van der Waals surface area contributed by atoms with Crippen molar-refractivity contribution in [3.63, 3.8) is 0 Å². The molecule has 0 amide bonds. The van der Waals surface area contributed by atoms with E-state index in [0.29, 0.717) is 11.5 Å². The normalized spacial score (nSPS) is 11.9. The highest BCUT2D eigenvalue weighted by Crippen LogP contribution is 2.41. The van der Waals surface area contributed by atoms with Gasteiger partial charge in [-0.3, -0.25) is 0 Å². The molecule has 0 aliphatic rings. The number of benzene rings is 7. The molecule has 0 aliphatic carbocycles. The Morgan fingerprint density at radius 1 is 0.412 bits per heavy atom. The van der Waals surface area contributed by atoms with Crippen LogP contribution >= 0.6 is 0 Å². The highest BCUT2D eigenvalue weighted by atomic mass is 16.3. The molecular formula is C46H27N3O2. The monoisotopic (exact) mass is 653 g/mol. The Labute approximate surface area is 291 Å². The fourth-order valence-electron chi connectivity index (χ4n) is 7.75. The summed E-state index contributed by atoms with van der Waals surface area (Å²) in [5.41, 5.74) is 11.4. The second-order valence-electron chi connectivity index (χ2n) is 13.0. The van der Waals surface area contributed by atoms with Crippen LogP contribution in [0.1, 0.15) is 0 Å². The van der Waals surface area contributed by atoms with Crippen LogP contribution in [0.5, 0.6) is 0 Å². The van der Waals surface area contributed by atoms with Gasteiger partial charge in [0.05, 0.1) is 22.1 Å². The maximum Gasteiger partial charge on any atom is 0.231 e. The molecule has 7 aromatic carbocycles. The van der Waals surface area contributed by atoms with E-state index >= 15 is 0 Å². The van der Waals surface area contributed by atoms with E-state index in [1.165, 1.54) is 21.8 Å². The molecule has 238 valence electrons. The van der Waals surface area contributed by atoms with Gasteiger partial charge < -0.3 is 13.4 Å². The molecule has 0 unspecified atom stereocenters. The van der Waals surface area contributed by atoms with Crippen molar-refractivity contribution in [2.75, 3.05) is 0 Å². The smallest absolute Gasteiger partial charge is 0.231 e. The van der Waals surface area contributed by atoms with Gasteiger partial charge in [0, 0.05) is 43.7 Å². The van der Waals surface area contributed by atoms with Crippen LogP contribution in [0.25, 0.3) is 105 Å². The van der Waals surface area contributed by atoms with Crippen LogP contribution in [0.3, 0.4) is 0 Å². The van der Waals surface area contributed by atoms with Crippen molar-refractivity contribution in [3.05, 3.63) is 164 Å². The summed E-state index contributed by atoms with van der Waals surface area (Å²) in [6.07, 6.45) is 0. The minimum atomic E-state index is 0.553. The van der Waals surface area contributed by atoms with E-state index in [2.05, 4.69) is 120 Å². The first-order valence-electron chi connectivity index (χ1n) is 17.1. The minimum absolute atomic E-state index is 0.553. The van der Waals surface area contributed by atoms with Gasteiger partial charge in [0.15, 0.2) is 5.82 Å². The predicted octanol–water partition coefficient (Wildman–Crippen LogP) is 12.4. The van der Waals surface area contributed by atoms with Gasteiger partial charge >= 0.3 is 0 Å². The Balaban J connectivity index is 1.13.